The Morgan fingerprint density at radius 3 is 2.92 bits per heavy atom. The first kappa shape index (κ1) is 8.39. The summed E-state index contributed by atoms with van der Waals surface area (Å²) in [4.78, 5) is 0. The molecule has 0 bridgehead atoms. The zero-order valence-electron chi connectivity index (χ0n) is 6.69. The van der Waals surface area contributed by atoms with Gasteiger partial charge >= 0.3 is 0 Å². The molecule has 0 fully saturated rings. The molecule has 1 aromatic carbocycles. The van der Waals surface area contributed by atoms with Crippen LogP contribution < -0.4 is 10.6 Å². The summed E-state index contributed by atoms with van der Waals surface area (Å²) in [5, 5.41) is 12.4. The summed E-state index contributed by atoms with van der Waals surface area (Å²) in [6.45, 7) is 0. The van der Waals surface area contributed by atoms with E-state index in [1.165, 1.54) is 19.4 Å². The second-order valence-corrected chi connectivity index (χ2v) is 2.20. The van der Waals surface area contributed by atoms with Crippen molar-refractivity contribution >= 4 is 6.21 Å². The van der Waals surface area contributed by atoms with Gasteiger partial charge in [0.25, 0.3) is 0 Å². The van der Waals surface area contributed by atoms with Crippen LogP contribution in [0.4, 0.5) is 0 Å². The van der Waals surface area contributed by atoms with Gasteiger partial charge in [-0.05, 0) is 12.1 Å². The Labute approximate surface area is 70.3 Å². The van der Waals surface area contributed by atoms with Crippen LogP contribution in [0.25, 0.3) is 0 Å². The molecule has 1 rings (SSSR count). The molecule has 0 unspecified atom stereocenters. The summed E-state index contributed by atoms with van der Waals surface area (Å²) >= 11 is 0. The van der Waals surface area contributed by atoms with Crippen LogP contribution in [0.5, 0.6) is 11.5 Å². The van der Waals surface area contributed by atoms with E-state index in [2.05, 4.69) is 5.10 Å². The molecule has 12 heavy (non-hydrogen) atoms. The Kier molecular flexibility index (Phi) is 2.53. The Bertz CT molecular complexity index is 297. The molecule has 0 amide bonds. The number of hydrazone groups is 1. The van der Waals surface area contributed by atoms with Crippen molar-refractivity contribution in [1.29, 1.82) is 0 Å². The van der Waals surface area contributed by atoms with Crippen molar-refractivity contribution < 1.29 is 9.84 Å². The van der Waals surface area contributed by atoms with Crippen molar-refractivity contribution in [3.8, 4) is 11.5 Å². The third kappa shape index (κ3) is 1.66. The van der Waals surface area contributed by atoms with Gasteiger partial charge in [-0.2, -0.15) is 5.10 Å². The maximum atomic E-state index is 9.08. The molecule has 4 heteroatoms. The first-order valence-corrected chi connectivity index (χ1v) is 3.38. The SMILES string of the molecule is COc1cc(O)ccc1C=NN. The van der Waals surface area contributed by atoms with Crippen LogP contribution in [0.2, 0.25) is 0 Å². The minimum atomic E-state index is 0.154. The van der Waals surface area contributed by atoms with Crippen LogP contribution in [0.3, 0.4) is 0 Å². The third-order valence-corrected chi connectivity index (χ3v) is 1.43. The van der Waals surface area contributed by atoms with E-state index >= 15 is 0 Å². The van der Waals surface area contributed by atoms with E-state index in [1.807, 2.05) is 0 Å². The predicted octanol–water partition coefficient (Wildman–Crippen LogP) is 0.693. The van der Waals surface area contributed by atoms with E-state index in [-0.39, 0.29) is 5.75 Å². The number of hydrogen-bond donors (Lipinski definition) is 2. The number of ether oxygens (including phenoxy) is 1. The van der Waals surface area contributed by atoms with Crippen LogP contribution in [0.15, 0.2) is 23.3 Å². The fourth-order valence-electron chi connectivity index (χ4n) is 0.887. The largest absolute Gasteiger partial charge is 0.508 e. The minimum absolute atomic E-state index is 0.154. The lowest BCUT2D eigenvalue weighted by Gasteiger charge is -2.03. The molecule has 0 saturated heterocycles. The summed E-state index contributed by atoms with van der Waals surface area (Å²) in [6.07, 6.45) is 1.46. The van der Waals surface area contributed by atoms with Gasteiger partial charge in [0.1, 0.15) is 11.5 Å². The molecule has 0 spiro atoms. The van der Waals surface area contributed by atoms with Crippen molar-refractivity contribution in [2.75, 3.05) is 7.11 Å². The molecule has 0 heterocycles. The van der Waals surface area contributed by atoms with Crippen LogP contribution in [0, 0.1) is 0 Å². The number of phenolic OH excluding ortho intramolecular Hbond substituents is 1. The second-order valence-electron chi connectivity index (χ2n) is 2.20. The first-order valence-electron chi connectivity index (χ1n) is 3.38. The Morgan fingerprint density at radius 1 is 1.58 bits per heavy atom. The number of benzene rings is 1. The van der Waals surface area contributed by atoms with E-state index in [1.54, 1.807) is 12.1 Å². The summed E-state index contributed by atoms with van der Waals surface area (Å²) in [7, 11) is 1.52. The van der Waals surface area contributed by atoms with Gasteiger partial charge in [-0.25, -0.2) is 0 Å². The lowest BCUT2D eigenvalue weighted by Crippen LogP contribution is -1.92. The normalized spacial score (nSPS) is 10.4. The van der Waals surface area contributed by atoms with E-state index in [0.717, 1.165) is 5.56 Å². The molecule has 0 aliphatic heterocycles. The highest BCUT2D eigenvalue weighted by Gasteiger charge is 2.00. The van der Waals surface area contributed by atoms with Crippen molar-refractivity contribution in [2.45, 2.75) is 0 Å². The number of hydrogen-bond acceptors (Lipinski definition) is 4. The Balaban J connectivity index is 3.10. The number of aromatic hydroxyl groups is 1. The lowest BCUT2D eigenvalue weighted by atomic mass is 10.2. The van der Waals surface area contributed by atoms with Gasteiger partial charge in [-0.1, -0.05) is 0 Å². The highest BCUT2D eigenvalue weighted by atomic mass is 16.5. The van der Waals surface area contributed by atoms with Gasteiger partial charge in [0.2, 0.25) is 0 Å². The molecular weight excluding hydrogens is 156 g/mol. The zero-order valence-corrected chi connectivity index (χ0v) is 6.69. The molecule has 64 valence electrons. The molecule has 0 saturated carbocycles. The molecule has 1 aromatic rings. The van der Waals surface area contributed by atoms with Gasteiger partial charge in [-0.3, -0.25) is 0 Å². The second kappa shape index (κ2) is 3.61. The average molecular weight is 166 g/mol. The standard InChI is InChI=1S/C8H10N2O2/c1-12-8-4-7(11)3-2-6(8)5-10-9/h2-5,11H,9H2,1H3. The van der Waals surface area contributed by atoms with Crippen molar-refractivity contribution in [1.82, 2.24) is 0 Å². The minimum Gasteiger partial charge on any atom is -0.508 e. The lowest BCUT2D eigenvalue weighted by molar-refractivity contribution is 0.407. The first-order chi connectivity index (χ1) is 5.77. The Hall–Kier alpha value is -1.71. The van der Waals surface area contributed by atoms with E-state index < -0.39 is 0 Å². The van der Waals surface area contributed by atoms with Crippen LogP contribution >= 0.6 is 0 Å². The van der Waals surface area contributed by atoms with Gasteiger partial charge < -0.3 is 15.7 Å². The summed E-state index contributed by atoms with van der Waals surface area (Å²) in [5.41, 5.74) is 0.734. The quantitative estimate of drug-likeness (QED) is 0.386. The molecular formula is C8H10N2O2. The zero-order chi connectivity index (χ0) is 8.97. The Morgan fingerprint density at radius 2 is 2.33 bits per heavy atom. The predicted molar refractivity (Wildman–Crippen MR) is 46.4 cm³/mol. The number of phenols is 1. The van der Waals surface area contributed by atoms with Gasteiger partial charge in [0.15, 0.2) is 0 Å². The number of methoxy groups -OCH3 is 1. The third-order valence-electron chi connectivity index (χ3n) is 1.43. The highest BCUT2D eigenvalue weighted by molar-refractivity contribution is 5.83. The maximum absolute atomic E-state index is 9.08. The molecule has 3 N–H and O–H groups in total. The average Bonchev–Trinajstić information content (AvgIpc) is 2.08. The van der Waals surface area contributed by atoms with Crippen LogP contribution in [-0.2, 0) is 0 Å². The van der Waals surface area contributed by atoms with Crippen molar-refractivity contribution in [3.63, 3.8) is 0 Å². The van der Waals surface area contributed by atoms with Crippen molar-refractivity contribution in [3.05, 3.63) is 23.8 Å². The summed E-state index contributed by atoms with van der Waals surface area (Å²) in [5.74, 6) is 5.67. The molecule has 0 aliphatic carbocycles. The van der Waals surface area contributed by atoms with Gasteiger partial charge in [0, 0.05) is 11.6 Å². The van der Waals surface area contributed by atoms with Gasteiger partial charge in [0.05, 0.1) is 13.3 Å². The fraction of sp³-hybridized carbons (Fsp3) is 0.125. The molecule has 0 aliphatic rings. The molecule has 0 atom stereocenters. The molecule has 0 radical (unpaired) electrons. The number of nitrogens with zero attached hydrogens (tertiary/aromatic N) is 1. The summed E-state index contributed by atoms with van der Waals surface area (Å²) in [6, 6.07) is 4.71. The topological polar surface area (TPSA) is 67.8 Å². The molecule has 4 nitrogen and oxygen atoms in total. The monoisotopic (exact) mass is 166 g/mol. The van der Waals surface area contributed by atoms with Crippen LogP contribution in [0.1, 0.15) is 5.56 Å². The smallest absolute Gasteiger partial charge is 0.131 e. The number of rotatable bonds is 2. The van der Waals surface area contributed by atoms with Crippen LogP contribution in [-0.4, -0.2) is 18.4 Å². The van der Waals surface area contributed by atoms with E-state index in [0.29, 0.717) is 5.75 Å². The highest BCUT2D eigenvalue weighted by Crippen LogP contribution is 2.21. The van der Waals surface area contributed by atoms with E-state index in [9.17, 15) is 0 Å². The summed E-state index contributed by atoms with van der Waals surface area (Å²) < 4.78 is 4.97. The number of nitrogens with two attached hydrogens (primary N) is 1. The van der Waals surface area contributed by atoms with Crippen molar-refractivity contribution in [2.24, 2.45) is 10.9 Å². The van der Waals surface area contributed by atoms with E-state index in [4.69, 9.17) is 15.7 Å². The molecule has 0 aromatic heterocycles. The maximum Gasteiger partial charge on any atom is 0.131 e. The van der Waals surface area contributed by atoms with Gasteiger partial charge in [-0.15, -0.1) is 0 Å². The fourth-order valence-corrected chi connectivity index (χ4v) is 0.887.